The van der Waals surface area contributed by atoms with Gasteiger partial charge in [-0.2, -0.15) is 0 Å². The van der Waals surface area contributed by atoms with Crippen LogP contribution in [-0.2, 0) is 0 Å². The van der Waals surface area contributed by atoms with Crippen LogP contribution in [0.4, 0.5) is 5.82 Å². The SMILES string of the molecule is CCNc1nc(C)c(C)nc1-c1cccc2cnccc12. The molecule has 0 aliphatic rings. The predicted octanol–water partition coefficient (Wildman–Crippen LogP) is 3.74. The van der Waals surface area contributed by atoms with E-state index in [2.05, 4.69) is 34.3 Å². The van der Waals surface area contributed by atoms with E-state index in [4.69, 9.17) is 4.98 Å². The van der Waals surface area contributed by atoms with E-state index in [9.17, 15) is 0 Å². The number of benzene rings is 1. The number of rotatable bonds is 3. The fraction of sp³-hybridized carbons (Fsp3) is 0.235. The molecule has 0 saturated heterocycles. The van der Waals surface area contributed by atoms with Crippen molar-refractivity contribution in [1.29, 1.82) is 0 Å². The van der Waals surface area contributed by atoms with Crippen LogP contribution >= 0.6 is 0 Å². The molecule has 0 spiro atoms. The van der Waals surface area contributed by atoms with Crippen LogP contribution in [0.15, 0.2) is 36.7 Å². The summed E-state index contributed by atoms with van der Waals surface area (Å²) in [6.07, 6.45) is 3.69. The van der Waals surface area contributed by atoms with E-state index in [1.165, 1.54) is 0 Å². The molecule has 0 atom stereocenters. The summed E-state index contributed by atoms with van der Waals surface area (Å²) in [4.78, 5) is 13.6. The van der Waals surface area contributed by atoms with Crippen molar-refractivity contribution < 1.29 is 0 Å². The molecule has 4 nitrogen and oxygen atoms in total. The first-order chi connectivity index (χ1) is 10.2. The predicted molar refractivity (Wildman–Crippen MR) is 86.4 cm³/mol. The number of anilines is 1. The van der Waals surface area contributed by atoms with Crippen molar-refractivity contribution in [2.24, 2.45) is 0 Å². The standard InChI is InChI=1S/C17H18N4/c1-4-19-17-16(20-11(2)12(3)21-17)15-7-5-6-13-10-18-9-8-14(13)15/h5-10H,4H2,1-3H3,(H,19,21). The van der Waals surface area contributed by atoms with E-state index in [1.807, 2.05) is 38.4 Å². The summed E-state index contributed by atoms with van der Waals surface area (Å²) >= 11 is 0. The Labute approximate surface area is 124 Å². The Hall–Kier alpha value is -2.49. The average Bonchev–Trinajstić information content (AvgIpc) is 2.50. The second kappa shape index (κ2) is 5.48. The third kappa shape index (κ3) is 2.44. The highest BCUT2D eigenvalue weighted by molar-refractivity contribution is 5.97. The third-order valence-electron chi connectivity index (χ3n) is 3.59. The van der Waals surface area contributed by atoms with Crippen molar-refractivity contribution in [2.75, 3.05) is 11.9 Å². The molecular weight excluding hydrogens is 260 g/mol. The van der Waals surface area contributed by atoms with Crippen molar-refractivity contribution in [3.63, 3.8) is 0 Å². The van der Waals surface area contributed by atoms with Gasteiger partial charge in [0.25, 0.3) is 0 Å². The maximum atomic E-state index is 4.77. The van der Waals surface area contributed by atoms with Gasteiger partial charge in [-0.3, -0.25) is 4.98 Å². The van der Waals surface area contributed by atoms with Gasteiger partial charge in [0.2, 0.25) is 0 Å². The molecule has 2 heterocycles. The number of hydrogen-bond acceptors (Lipinski definition) is 4. The van der Waals surface area contributed by atoms with Crippen LogP contribution in [0.2, 0.25) is 0 Å². The van der Waals surface area contributed by atoms with Crippen LogP contribution in [0.1, 0.15) is 18.3 Å². The monoisotopic (exact) mass is 278 g/mol. The maximum Gasteiger partial charge on any atom is 0.152 e. The van der Waals surface area contributed by atoms with Gasteiger partial charge in [0.05, 0.1) is 11.4 Å². The lowest BCUT2D eigenvalue weighted by Crippen LogP contribution is -2.06. The lowest BCUT2D eigenvalue weighted by molar-refractivity contribution is 1.03. The Kier molecular flexibility index (Phi) is 3.52. The minimum absolute atomic E-state index is 0.816. The van der Waals surface area contributed by atoms with Gasteiger partial charge in [-0.15, -0.1) is 0 Å². The molecule has 0 amide bonds. The van der Waals surface area contributed by atoms with Crippen LogP contribution in [-0.4, -0.2) is 21.5 Å². The van der Waals surface area contributed by atoms with Crippen LogP contribution < -0.4 is 5.32 Å². The zero-order valence-corrected chi connectivity index (χ0v) is 12.5. The first-order valence-electron chi connectivity index (χ1n) is 7.13. The molecule has 3 rings (SSSR count). The molecule has 4 heteroatoms. The van der Waals surface area contributed by atoms with Gasteiger partial charge in [0.1, 0.15) is 5.69 Å². The van der Waals surface area contributed by atoms with Crippen molar-refractivity contribution in [1.82, 2.24) is 15.0 Å². The van der Waals surface area contributed by atoms with Gasteiger partial charge in [-0.25, -0.2) is 9.97 Å². The zero-order chi connectivity index (χ0) is 14.8. The summed E-state index contributed by atoms with van der Waals surface area (Å²) in [5.41, 5.74) is 3.90. The van der Waals surface area contributed by atoms with Gasteiger partial charge >= 0.3 is 0 Å². The van der Waals surface area contributed by atoms with Crippen molar-refractivity contribution >= 4 is 16.6 Å². The molecule has 0 radical (unpaired) electrons. The quantitative estimate of drug-likeness (QED) is 0.793. The summed E-state index contributed by atoms with van der Waals surface area (Å²) in [6.45, 7) is 6.86. The van der Waals surface area contributed by atoms with Crippen molar-refractivity contribution in [2.45, 2.75) is 20.8 Å². The topological polar surface area (TPSA) is 50.7 Å². The zero-order valence-electron chi connectivity index (χ0n) is 12.5. The third-order valence-corrected chi connectivity index (χ3v) is 3.59. The van der Waals surface area contributed by atoms with Crippen molar-refractivity contribution in [3.8, 4) is 11.3 Å². The molecule has 3 aromatic rings. The van der Waals surface area contributed by atoms with Crippen molar-refractivity contribution in [3.05, 3.63) is 48.0 Å². The minimum Gasteiger partial charge on any atom is -0.369 e. The second-order valence-corrected chi connectivity index (χ2v) is 5.02. The molecule has 0 bridgehead atoms. The highest BCUT2D eigenvalue weighted by Gasteiger charge is 2.13. The molecule has 1 N–H and O–H groups in total. The van der Waals surface area contributed by atoms with Gasteiger partial charge in [-0.1, -0.05) is 18.2 Å². The highest BCUT2D eigenvalue weighted by Crippen LogP contribution is 2.31. The van der Waals surface area contributed by atoms with Gasteiger partial charge in [-0.05, 0) is 32.2 Å². The maximum absolute atomic E-state index is 4.77. The molecule has 0 saturated carbocycles. The van der Waals surface area contributed by atoms with Crippen LogP contribution in [0.5, 0.6) is 0 Å². The van der Waals surface area contributed by atoms with E-state index in [-0.39, 0.29) is 0 Å². The lowest BCUT2D eigenvalue weighted by Gasteiger charge is -2.13. The number of nitrogens with zero attached hydrogens (tertiary/aromatic N) is 3. The van der Waals surface area contributed by atoms with Crippen LogP contribution in [0.25, 0.3) is 22.0 Å². The number of pyridine rings is 1. The summed E-state index contributed by atoms with van der Waals surface area (Å²) in [5, 5.41) is 5.57. The Balaban J connectivity index is 2.29. The van der Waals surface area contributed by atoms with Crippen LogP contribution in [0.3, 0.4) is 0 Å². The number of fused-ring (bicyclic) bond motifs is 1. The molecular formula is C17H18N4. The van der Waals surface area contributed by atoms with Gasteiger partial charge in [0.15, 0.2) is 5.82 Å². The largest absolute Gasteiger partial charge is 0.369 e. The lowest BCUT2D eigenvalue weighted by atomic mass is 10.0. The first-order valence-corrected chi connectivity index (χ1v) is 7.13. The summed E-state index contributed by atoms with van der Waals surface area (Å²) in [7, 11) is 0. The Morgan fingerprint density at radius 3 is 2.67 bits per heavy atom. The highest BCUT2D eigenvalue weighted by atomic mass is 15.0. The Morgan fingerprint density at radius 2 is 1.86 bits per heavy atom. The normalized spacial score (nSPS) is 10.8. The van der Waals surface area contributed by atoms with E-state index < -0.39 is 0 Å². The van der Waals surface area contributed by atoms with E-state index in [0.29, 0.717) is 0 Å². The summed E-state index contributed by atoms with van der Waals surface area (Å²) < 4.78 is 0. The second-order valence-electron chi connectivity index (χ2n) is 5.02. The molecule has 0 aliphatic carbocycles. The Bertz CT molecular complexity index is 791. The number of aromatic nitrogens is 3. The Morgan fingerprint density at radius 1 is 1.05 bits per heavy atom. The smallest absolute Gasteiger partial charge is 0.152 e. The number of nitrogens with one attached hydrogen (secondary N) is 1. The first kappa shape index (κ1) is 13.5. The average molecular weight is 278 g/mol. The molecule has 0 fully saturated rings. The van der Waals surface area contributed by atoms with Crippen LogP contribution in [0, 0.1) is 13.8 Å². The minimum atomic E-state index is 0.816. The summed E-state index contributed by atoms with van der Waals surface area (Å²) in [5.74, 6) is 0.838. The molecule has 21 heavy (non-hydrogen) atoms. The summed E-state index contributed by atoms with van der Waals surface area (Å²) in [6, 6.07) is 8.21. The molecule has 0 unspecified atom stereocenters. The van der Waals surface area contributed by atoms with E-state index >= 15 is 0 Å². The number of aryl methyl sites for hydroxylation is 2. The van der Waals surface area contributed by atoms with E-state index in [0.717, 1.165) is 45.8 Å². The van der Waals surface area contributed by atoms with Gasteiger partial charge in [0, 0.05) is 29.9 Å². The molecule has 106 valence electrons. The number of hydrogen-bond donors (Lipinski definition) is 1. The molecule has 1 aromatic carbocycles. The van der Waals surface area contributed by atoms with E-state index in [1.54, 1.807) is 0 Å². The van der Waals surface area contributed by atoms with Gasteiger partial charge < -0.3 is 5.32 Å². The fourth-order valence-electron chi connectivity index (χ4n) is 2.41. The molecule has 2 aromatic heterocycles. The molecule has 0 aliphatic heterocycles. The fourth-order valence-corrected chi connectivity index (χ4v) is 2.41.